The van der Waals surface area contributed by atoms with Crippen molar-refractivity contribution in [1.82, 2.24) is 15.2 Å². The van der Waals surface area contributed by atoms with Crippen LogP contribution in [-0.2, 0) is 6.54 Å². The molecule has 0 bridgehead atoms. The number of likely N-dealkylation sites (tertiary alicyclic amines) is 1. The van der Waals surface area contributed by atoms with Crippen LogP contribution >= 0.6 is 11.3 Å². The summed E-state index contributed by atoms with van der Waals surface area (Å²) in [6.45, 7) is 7.75. The third-order valence-corrected chi connectivity index (χ3v) is 4.91. The van der Waals surface area contributed by atoms with Gasteiger partial charge in [0.05, 0.1) is 10.7 Å². The Morgan fingerprint density at radius 2 is 2.18 bits per heavy atom. The first-order valence-electron chi connectivity index (χ1n) is 6.62. The highest BCUT2D eigenvalue weighted by molar-refractivity contribution is 7.11. The third-order valence-electron chi connectivity index (χ3n) is 3.83. The maximum Gasteiger partial charge on any atom is 0.0900 e. The van der Waals surface area contributed by atoms with Crippen molar-refractivity contribution < 1.29 is 0 Å². The summed E-state index contributed by atoms with van der Waals surface area (Å²) >= 11 is 1.83. The SMILES string of the molecule is Cc1nc(C)c(CNC2CCN(C3CC3)C2)s1. The van der Waals surface area contributed by atoms with Crippen molar-refractivity contribution in [2.45, 2.75) is 51.7 Å². The van der Waals surface area contributed by atoms with Crippen LogP contribution in [0.4, 0.5) is 0 Å². The quantitative estimate of drug-likeness (QED) is 0.888. The topological polar surface area (TPSA) is 28.2 Å². The number of hydrogen-bond donors (Lipinski definition) is 1. The lowest BCUT2D eigenvalue weighted by molar-refractivity contribution is 0.317. The van der Waals surface area contributed by atoms with Crippen LogP contribution in [-0.4, -0.2) is 35.1 Å². The summed E-state index contributed by atoms with van der Waals surface area (Å²) in [6.07, 6.45) is 4.17. The molecule has 1 atom stereocenters. The minimum Gasteiger partial charge on any atom is -0.308 e. The van der Waals surface area contributed by atoms with Crippen molar-refractivity contribution in [1.29, 1.82) is 0 Å². The van der Waals surface area contributed by atoms with Crippen LogP contribution in [0.5, 0.6) is 0 Å². The molecule has 1 aromatic heterocycles. The van der Waals surface area contributed by atoms with Gasteiger partial charge in [0.25, 0.3) is 0 Å². The van der Waals surface area contributed by atoms with E-state index in [1.807, 2.05) is 11.3 Å². The van der Waals surface area contributed by atoms with Gasteiger partial charge in [-0.05, 0) is 33.1 Å². The predicted octanol–water partition coefficient (Wildman–Crippen LogP) is 2.09. The molecule has 1 saturated heterocycles. The molecule has 1 aliphatic carbocycles. The van der Waals surface area contributed by atoms with Crippen molar-refractivity contribution >= 4 is 11.3 Å². The van der Waals surface area contributed by atoms with Crippen molar-refractivity contribution in [2.75, 3.05) is 13.1 Å². The zero-order valence-electron chi connectivity index (χ0n) is 10.7. The molecule has 0 spiro atoms. The van der Waals surface area contributed by atoms with Gasteiger partial charge >= 0.3 is 0 Å². The van der Waals surface area contributed by atoms with Crippen molar-refractivity contribution in [3.8, 4) is 0 Å². The first-order valence-corrected chi connectivity index (χ1v) is 7.44. The van der Waals surface area contributed by atoms with E-state index in [4.69, 9.17) is 0 Å². The summed E-state index contributed by atoms with van der Waals surface area (Å²) in [5, 5.41) is 4.88. The Morgan fingerprint density at radius 1 is 1.35 bits per heavy atom. The van der Waals surface area contributed by atoms with E-state index in [0.29, 0.717) is 6.04 Å². The molecule has 0 radical (unpaired) electrons. The number of aromatic nitrogens is 1. The number of rotatable bonds is 4. The predicted molar refractivity (Wildman–Crippen MR) is 71.4 cm³/mol. The molecule has 1 unspecified atom stereocenters. The molecule has 2 aliphatic rings. The molecule has 3 nitrogen and oxygen atoms in total. The molecule has 1 aliphatic heterocycles. The second-order valence-electron chi connectivity index (χ2n) is 5.33. The smallest absolute Gasteiger partial charge is 0.0900 e. The summed E-state index contributed by atoms with van der Waals surface area (Å²) in [5.41, 5.74) is 1.21. The van der Waals surface area contributed by atoms with E-state index in [9.17, 15) is 0 Å². The Bertz CT molecular complexity index is 397. The third kappa shape index (κ3) is 2.69. The minimum atomic E-state index is 0.692. The Hall–Kier alpha value is -0.450. The number of aryl methyl sites for hydroxylation is 2. The van der Waals surface area contributed by atoms with E-state index in [0.717, 1.165) is 12.6 Å². The van der Waals surface area contributed by atoms with Gasteiger partial charge in [0.1, 0.15) is 0 Å². The highest BCUT2D eigenvalue weighted by atomic mass is 32.1. The van der Waals surface area contributed by atoms with Crippen LogP contribution < -0.4 is 5.32 Å². The summed E-state index contributed by atoms with van der Waals surface area (Å²) in [7, 11) is 0. The second kappa shape index (κ2) is 4.67. The molecule has 4 heteroatoms. The Kier molecular flexibility index (Phi) is 3.19. The van der Waals surface area contributed by atoms with Gasteiger partial charge in [-0.3, -0.25) is 4.90 Å². The van der Waals surface area contributed by atoms with Crippen LogP contribution in [0.15, 0.2) is 0 Å². The highest BCUT2D eigenvalue weighted by Crippen LogP contribution is 2.30. The van der Waals surface area contributed by atoms with Crippen LogP contribution in [0.2, 0.25) is 0 Å². The molecule has 0 amide bonds. The van der Waals surface area contributed by atoms with Crippen LogP contribution in [0.3, 0.4) is 0 Å². The van der Waals surface area contributed by atoms with Gasteiger partial charge in [-0.25, -0.2) is 4.98 Å². The fourth-order valence-electron chi connectivity index (χ4n) is 2.70. The summed E-state index contributed by atoms with van der Waals surface area (Å²) in [4.78, 5) is 8.54. The average molecular weight is 251 g/mol. The van der Waals surface area contributed by atoms with Gasteiger partial charge in [0.2, 0.25) is 0 Å². The lowest BCUT2D eigenvalue weighted by Crippen LogP contribution is -2.32. The van der Waals surface area contributed by atoms with Crippen molar-refractivity contribution in [2.24, 2.45) is 0 Å². The number of thiazole rings is 1. The second-order valence-corrected chi connectivity index (χ2v) is 6.62. The fraction of sp³-hybridized carbons (Fsp3) is 0.769. The molecule has 1 saturated carbocycles. The van der Waals surface area contributed by atoms with Crippen LogP contribution in [0.1, 0.15) is 34.8 Å². The molecule has 2 heterocycles. The highest BCUT2D eigenvalue weighted by Gasteiger charge is 2.34. The van der Waals surface area contributed by atoms with E-state index >= 15 is 0 Å². The van der Waals surface area contributed by atoms with Crippen LogP contribution in [0, 0.1) is 13.8 Å². The first-order chi connectivity index (χ1) is 8.22. The summed E-state index contributed by atoms with van der Waals surface area (Å²) in [6, 6.07) is 1.62. The van der Waals surface area contributed by atoms with Gasteiger partial charge in [0.15, 0.2) is 0 Å². The van der Waals surface area contributed by atoms with Gasteiger partial charge in [-0.1, -0.05) is 0 Å². The normalized spacial score (nSPS) is 25.6. The lowest BCUT2D eigenvalue weighted by Gasteiger charge is -2.15. The van der Waals surface area contributed by atoms with E-state index in [-0.39, 0.29) is 0 Å². The Balaban J connectivity index is 1.49. The Morgan fingerprint density at radius 3 is 2.82 bits per heavy atom. The van der Waals surface area contributed by atoms with E-state index in [2.05, 4.69) is 29.0 Å². The minimum absolute atomic E-state index is 0.692. The van der Waals surface area contributed by atoms with E-state index in [1.54, 1.807) is 0 Å². The lowest BCUT2D eigenvalue weighted by atomic mass is 10.2. The summed E-state index contributed by atoms with van der Waals surface area (Å²) < 4.78 is 0. The Labute approximate surface area is 107 Å². The zero-order chi connectivity index (χ0) is 11.8. The van der Waals surface area contributed by atoms with E-state index < -0.39 is 0 Å². The fourth-order valence-corrected chi connectivity index (χ4v) is 3.59. The monoisotopic (exact) mass is 251 g/mol. The largest absolute Gasteiger partial charge is 0.308 e. The molecule has 0 aromatic carbocycles. The summed E-state index contributed by atoms with van der Waals surface area (Å²) in [5.74, 6) is 0. The molecular weight excluding hydrogens is 230 g/mol. The standard InChI is InChI=1S/C13H21N3S/c1-9-13(17-10(2)15-9)7-14-11-5-6-16(8-11)12-3-4-12/h11-12,14H,3-8H2,1-2H3. The first kappa shape index (κ1) is 11.6. The maximum absolute atomic E-state index is 4.48. The van der Waals surface area contributed by atoms with Crippen LogP contribution in [0.25, 0.3) is 0 Å². The molecule has 1 aromatic rings. The van der Waals surface area contributed by atoms with Crippen molar-refractivity contribution in [3.63, 3.8) is 0 Å². The molecule has 1 N–H and O–H groups in total. The number of nitrogens with one attached hydrogen (secondary N) is 1. The van der Waals surface area contributed by atoms with Gasteiger partial charge in [0, 0.05) is 36.6 Å². The van der Waals surface area contributed by atoms with Gasteiger partial charge < -0.3 is 5.32 Å². The molecular formula is C13H21N3S. The number of nitrogens with zero attached hydrogens (tertiary/aromatic N) is 2. The molecule has 17 heavy (non-hydrogen) atoms. The van der Waals surface area contributed by atoms with Gasteiger partial charge in [-0.2, -0.15) is 0 Å². The maximum atomic E-state index is 4.48. The average Bonchev–Trinajstić information content (AvgIpc) is 2.95. The molecule has 94 valence electrons. The zero-order valence-corrected chi connectivity index (χ0v) is 11.5. The number of hydrogen-bond acceptors (Lipinski definition) is 4. The molecule has 2 fully saturated rings. The van der Waals surface area contributed by atoms with Gasteiger partial charge in [-0.15, -0.1) is 11.3 Å². The molecule has 3 rings (SSSR count). The van der Waals surface area contributed by atoms with Crippen molar-refractivity contribution in [3.05, 3.63) is 15.6 Å². The van der Waals surface area contributed by atoms with E-state index in [1.165, 1.54) is 47.9 Å².